The molecular weight excluding hydrogens is 566 g/mol. The van der Waals surface area contributed by atoms with Crippen LogP contribution in [-0.4, -0.2) is 30.6 Å². The van der Waals surface area contributed by atoms with Crippen molar-refractivity contribution in [2.75, 3.05) is 0 Å². The average molecular weight is 591 g/mol. The average Bonchev–Trinajstić information content (AvgIpc) is 3.70. The molecule has 1 fully saturated rings. The first-order valence-electron chi connectivity index (χ1n) is 13.8. The van der Waals surface area contributed by atoms with Crippen LogP contribution >= 0.6 is 0 Å². The van der Waals surface area contributed by atoms with Gasteiger partial charge < -0.3 is 14.4 Å². The molecule has 0 radical (unpaired) electrons. The molecule has 0 spiro atoms. The predicted octanol–water partition coefficient (Wildman–Crippen LogP) is 6.21. The van der Waals surface area contributed by atoms with E-state index < -0.39 is 17.6 Å². The number of carbonyl (C=O) groups is 1. The standard InChI is InChI=1S/C33H24F2N6O3/c34-25-14-21(17-37)1-3-23(25)18-44-32-38-12-7-27(40-32)24-5-2-20(13-26(24)35)15-30-39-28-6-4-22(31(42)43)16-29(28)41(30)19-33(8-9-33)10-11-36/h1-7,12-14,16H,8-10,15,18-19H2,(H,42,43). The van der Waals surface area contributed by atoms with Gasteiger partial charge in [0.25, 0.3) is 0 Å². The lowest BCUT2D eigenvalue weighted by Crippen LogP contribution is -2.14. The molecule has 0 saturated heterocycles. The van der Waals surface area contributed by atoms with Crippen molar-refractivity contribution < 1.29 is 23.4 Å². The summed E-state index contributed by atoms with van der Waals surface area (Å²) in [5.41, 5.74) is 2.81. The van der Waals surface area contributed by atoms with Gasteiger partial charge in [-0.3, -0.25) is 0 Å². The quantitative estimate of drug-likeness (QED) is 0.203. The molecule has 1 N–H and O–H groups in total. The Morgan fingerprint density at radius 2 is 1.86 bits per heavy atom. The van der Waals surface area contributed by atoms with Gasteiger partial charge in [-0.05, 0) is 66.9 Å². The zero-order valence-corrected chi connectivity index (χ0v) is 23.3. The molecule has 2 heterocycles. The van der Waals surface area contributed by atoms with Gasteiger partial charge in [0.05, 0.1) is 40.0 Å². The Kier molecular flexibility index (Phi) is 7.46. The summed E-state index contributed by atoms with van der Waals surface area (Å²) < 4.78 is 37.2. The fourth-order valence-electron chi connectivity index (χ4n) is 5.18. The predicted molar refractivity (Wildman–Crippen MR) is 154 cm³/mol. The summed E-state index contributed by atoms with van der Waals surface area (Å²) in [5.74, 6) is -1.51. The van der Waals surface area contributed by atoms with Crippen molar-refractivity contribution in [3.8, 4) is 29.4 Å². The third kappa shape index (κ3) is 5.81. The minimum Gasteiger partial charge on any atom is -0.478 e. The number of nitriles is 2. The zero-order valence-electron chi connectivity index (χ0n) is 23.3. The van der Waals surface area contributed by atoms with Gasteiger partial charge in [-0.1, -0.05) is 12.1 Å². The van der Waals surface area contributed by atoms with Crippen LogP contribution in [0.5, 0.6) is 6.01 Å². The van der Waals surface area contributed by atoms with Crippen molar-refractivity contribution in [1.82, 2.24) is 19.5 Å². The summed E-state index contributed by atoms with van der Waals surface area (Å²) in [5, 5.41) is 27.8. The number of hydrogen-bond acceptors (Lipinski definition) is 7. The van der Waals surface area contributed by atoms with Crippen molar-refractivity contribution in [2.45, 2.75) is 38.8 Å². The first-order chi connectivity index (χ1) is 21.3. The highest BCUT2D eigenvalue weighted by Crippen LogP contribution is 2.50. The molecule has 5 aromatic rings. The Labute approximate surface area is 250 Å². The molecule has 1 aliphatic carbocycles. The molecule has 2 aromatic heterocycles. The molecule has 0 atom stereocenters. The smallest absolute Gasteiger partial charge is 0.335 e. The van der Waals surface area contributed by atoms with Crippen LogP contribution in [0, 0.1) is 39.7 Å². The molecular formula is C33H24F2N6O3. The monoisotopic (exact) mass is 590 g/mol. The van der Waals surface area contributed by atoms with Gasteiger partial charge in [0, 0.05) is 42.1 Å². The van der Waals surface area contributed by atoms with Crippen LogP contribution in [0.15, 0.2) is 66.9 Å². The van der Waals surface area contributed by atoms with E-state index in [9.17, 15) is 19.6 Å². The first kappa shape index (κ1) is 28.4. The van der Waals surface area contributed by atoms with Gasteiger partial charge >= 0.3 is 12.0 Å². The molecule has 6 rings (SSSR count). The number of fused-ring (bicyclic) bond motifs is 1. The minimum atomic E-state index is -1.04. The van der Waals surface area contributed by atoms with E-state index in [2.05, 4.69) is 16.0 Å². The maximum atomic E-state index is 15.5. The van der Waals surface area contributed by atoms with E-state index in [4.69, 9.17) is 15.0 Å². The van der Waals surface area contributed by atoms with Crippen LogP contribution in [0.2, 0.25) is 0 Å². The highest BCUT2D eigenvalue weighted by molar-refractivity contribution is 5.92. The fraction of sp³-hybridized carbons (Fsp3) is 0.212. The van der Waals surface area contributed by atoms with Gasteiger partial charge in [0.2, 0.25) is 0 Å². The number of aromatic nitrogens is 4. The molecule has 0 bridgehead atoms. The number of ether oxygens (including phenoxy) is 1. The van der Waals surface area contributed by atoms with Crippen LogP contribution in [0.1, 0.15) is 52.1 Å². The number of halogens is 2. The van der Waals surface area contributed by atoms with Crippen LogP contribution in [0.3, 0.4) is 0 Å². The molecule has 3 aromatic carbocycles. The molecule has 9 nitrogen and oxygen atoms in total. The lowest BCUT2D eigenvalue weighted by Gasteiger charge is -2.16. The zero-order chi connectivity index (χ0) is 30.8. The van der Waals surface area contributed by atoms with Gasteiger partial charge in [-0.25, -0.2) is 23.5 Å². The molecule has 0 unspecified atom stereocenters. The Hall–Kier alpha value is -5.68. The summed E-state index contributed by atoms with van der Waals surface area (Å²) in [4.78, 5) is 24.7. The Balaban J connectivity index is 1.25. The molecule has 1 saturated carbocycles. The maximum absolute atomic E-state index is 15.5. The van der Waals surface area contributed by atoms with Crippen LogP contribution < -0.4 is 4.74 Å². The Morgan fingerprint density at radius 1 is 1.02 bits per heavy atom. The number of imidazole rings is 1. The highest BCUT2D eigenvalue weighted by atomic mass is 19.1. The van der Waals surface area contributed by atoms with Gasteiger partial charge in [-0.2, -0.15) is 15.5 Å². The van der Waals surface area contributed by atoms with E-state index in [1.807, 2.05) is 10.6 Å². The van der Waals surface area contributed by atoms with Gasteiger partial charge in [-0.15, -0.1) is 0 Å². The molecule has 0 aliphatic heterocycles. The number of nitrogens with zero attached hydrogens (tertiary/aromatic N) is 6. The third-order valence-electron chi connectivity index (χ3n) is 7.82. The Bertz CT molecular complexity index is 2010. The number of carboxylic acids is 1. The van der Waals surface area contributed by atoms with Crippen molar-refractivity contribution in [3.63, 3.8) is 0 Å². The van der Waals surface area contributed by atoms with Crippen molar-refractivity contribution >= 4 is 17.0 Å². The number of benzene rings is 3. The van der Waals surface area contributed by atoms with Crippen LogP contribution in [-0.2, 0) is 19.6 Å². The second kappa shape index (κ2) is 11.5. The first-order valence-corrected chi connectivity index (χ1v) is 13.8. The lowest BCUT2D eigenvalue weighted by atomic mass is 10.0. The number of rotatable bonds is 10. The SMILES string of the molecule is N#CCC1(Cn2c(Cc3ccc(-c4ccnc(OCc5ccc(C#N)cc5F)n4)c(F)c3)nc3ccc(C(=O)O)cc32)CC1. The molecule has 0 amide bonds. The van der Waals surface area contributed by atoms with Crippen LogP contribution in [0.4, 0.5) is 8.78 Å². The second-order valence-electron chi connectivity index (χ2n) is 10.9. The summed E-state index contributed by atoms with van der Waals surface area (Å²) in [6.07, 6.45) is 3.89. The van der Waals surface area contributed by atoms with Crippen LogP contribution in [0.25, 0.3) is 22.3 Å². The fourth-order valence-corrected chi connectivity index (χ4v) is 5.18. The summed E-state index contributed by atoms with van der Waals surface area (Å²) in [6, 6.07) is 19.2. The van der Waals surface area contributed by atoms with Crippen molar-refractivity contribution in [1.29, 1.82) is 10.5 Å². The highest BCUT2D eigenvalue weighted by Gasteiger charge is 2.43. The lowest BCUT2D eigenvalue weighted by molar-refractivity contribution is 0.0697. The van der Waals surface area contributed by atoms with Crippen molar-refractivity contribution in [2.24, 2.45) is 5.41 Å². The number of carboxylic acid groups (broad SMARTS) is 1. The van der Waals surface area contributed by atoms with E-state index in [1.165, 1.54) is 36.5 Å². The summed E-state index contributed by atoms with van der Waals surface area (Å²) in [6.45, 7) is 0.346. The second-order valence-corrected chi connectivity index (χ2v) is 10.9. The minimum absolute atomic E-state index is 0.0597. The maximum Gasteiger partial charge on any atom is 0.335 e. The van der Waals surface area contributed by atoms with Gasteiger partial charge in [0.15, 0.2) is 0 Å². The van der Waals surface area contributed by atoms with E-state index in [-0.39, 0.29) is 52.4 Å². The van der Waals surface area contributed by atoms with E-state index >= 15 is 4.39 Å². The van der Waals surface area contributed by atoms with E-state index in [0.717, 1.165) is 18.9 Å². The third-order valence-corrected chi connectivity index (χ3v) is 7.82. The largest absolute Gasteiger partial charge is 0.478 e. The summed E-state index contributed by atoms with van der Waals surface area (Å²) >= 11 is 0. The molecule has 218 valence electrons. The summed E-state index contributed by atoms with van der Waals surface area (Å²) in [7, 11) is 0. The molecule has 44 heavy (non-hydrogen) atoms. The number of hydrogen-bond donors (Lipinski definition) is 1. The normalized spacial score (nSPS) is 13.3. The van der Waals surface area contributed by atoms with Crippen molar-refractivity contribution in [3.05, 3.63) is 107 Å². The number of aromatic carboxylic acids is 1. The van der Waals surface area contributed by atoms with E-state index in [0.29, 0.717) is 35.4 Å². The van der Waals surface area contributed by atoms with Gasteiger partial charge in [0.1, 0.15) is 24.1 Å². The molecule has 11 heteroatoms. The van der Waals surface area contributed by atoms with E-state index in [1.54, 1.807) is 24.3 Å². The molecule has 1 aliphatic rings. The topological polar surface area (TPSA) is 138 Å². The Morgan fingerprint density at radius 3 is 2.57 bits per heavy atom.